The number of nitrogens with one attached hydrogen (secondary N) is 1. The quantitative estimate of drug-likeness (QED) is 0.916. The van der Waals surface area contributed by atoms with E-state index in [1.165, 1.54) is 11.3 Å². The minimum absolute atomic E-state index is 0.223. The van der Waals surface area contributed by atoms with Crippen LogP contribution in [0.1, 0.15) is 5.56 Å². The highest BCUT2D eigenvalue weighted by Gasteiger charge is 2.29. The molecule has 1 N–H and O–H groups in total. The molecule has 0 unspecified atom stereocenters. The molecule has 2 heterocycles. The Kier molecular flexibility index (Phi) is 2.89. The van der Waals surface area contributed by atoms with Crippen LogP contribution in [0.5, 0.6) is 5.75 Å². The van der Waals surface area contributed by atoms with Crippen LogP contribution in [0.2, 0.25) is 5.02 Å². The largest absolute Gasteiger partial charge is 0.480 e. The zero-order chi connectivity index (χ0) is 12.5. The van der Waals surface area contributed by atoms with Crippen molar-refractivity contribution in [3.05, 3.63) is 34.3 Å². The molecule has 1 aromatic carbocycles. The third kappa shape index (κ3) is 2.16. The van der Waals surface area contributed by atoms with Gasteiger partial charge in [0.05, 0.1) is 0 Å². The Morgan fingerprint density at radius 2 is 2.44 bits per heavy atom. The highest BCUT2D eigenvalue weighted by molar-refractivity contribution is 7.13. The molecule has 3 rings (SSSR count). The van der Waals surface area contributed by atoms with Crippen LogP contribution in [0, 0.1) is 0 Å². The lowest BCUT2D eigenvalue weighted by Crippen LogP contribution is -2.31. The summed E-state index contributed by atoms with van der Waals surface area (Å²) in [7, 11) is 0. The summed E-state index contributed by atoms with van der Waals surface area (Å²) >= 11 is 7.16. The number of nitrogens with zero attached hydrogens (tertiary/aromatic N) is 2. The number of aromatic nitrogens is 2. The standard InChI is InChI=1S/C11H8ClN3O2S/c12-7-1-2-8-6(3-7)4-9(17-8)10(16)14-11-15-13-5-18-11/h1-3,5,9H,4H2,(H,14,15,16)/t9-/m0/s1. The molecule has 0 aliphatic carbocycles. The van der Waals surface area contributed by atoms with Gasteiger partial charge in [-0.05, 0) is 23.8 Å². The van der Waals surface area contributed by atoms with E-state index in [2.05, 4.69) is 15.5 Å². The fraction of sp³-hybridized carbons (Fsp3) is 0.182. The smallest absolute Gasteiger partial charge is 0.267 e. The third-order valence-corrected chi connectivity index (χ3v) is 3.42. The van der Waals surface area contributed by atoms with Crippen molar-refractivity contribution < 1.29 is 9.53 Å². The predicted molar refractivity (Wildman–Crippen MR) is 68.1 cm³/mol. The van der Waals surface area contributed by atoms with E-state index in [0.29, 0.717) is 22.3 Å². The van der Waals surface area contributed by atoms with Crippen LogP contribution in [0.4, 0.5) is 5.13 Å². The van der Waals surface area contributed by atoms with Gasteiger partial charge in [-0.2, -0.15) is 0 Å². The molecule has 5 nitrogen and oxygen atoms in total. The molecule has 0 saturated carbocycles. The molecule has 18 heavy (non-hydrogen) atoms. The Balaban J connectivity index is 1.72. The number of halogens is 1. The first kappa shape index (κ1) is 11.4. The van der Waals surface area contributed by atoms with Gasteiger partial charge < -0.3 is 4.74 Å². The van der Waals surface area contributed by atoms with Crippen LogP contribution in [0.25, 0.3) is 0 Å². The van der Waals surface area contributed by atoms with Gasteiger partial charge in [-0.1, -0.05) is 22.9 Å². The maximum atomic E-state index is 11.9. The summed E-state index contributed by atoms with van der Waals surface area (Å²) in [6.07, 6.45) is -0.0251. The Hall–Kier alpha value is -1.66. The van der Waals surface area contributed by atoms with Gasteiger partial charge in [0, 0.05) is 11.4 Å². The molecular formula is C11H8ClN3O2S. The number of carbonyl (C=O) groups excluding carboxylic acids is 1. The van der Waals surface area contributed by atoms with Gasteiger partial charge >= 0.3 is 0 Å². The van der Waals surface area contributed by atoms with Gasteiger partial charge in [-0.15, -0.1) is 10.2 Å². The van der Waals surface area contributed by atoms with Gasteiger partial charge in [0.15, 0.2) is 6.10 Å². The van der Waals surface area contributed by atoms with E-state index in [1.807, 2.05) is 6.07 Å². The van der Waals surface area contributed by atoms with Gasteiger partial charge in [0.25, 0.3) is 5.91 Å². The highest BCUT2D eigenvalue weighted by Crippen LogP contribution is 2.31. The maximum Gasteiger partial charge on any atom is 0.267 e. The monoisotopic (exact) mass is 281 g/mol. The lowest BCUT2D eigenvalue weighted by Gasteiger charge is -2.08. The van der Waals surface area contributed by atoms with Crippen molar-refractivity contribution in [1.82, 2.24) is 10.2 Å². The van der Waals surface area contributed by atoms with E-state index < -0.39 is 6.10 Å². The molecule has 1 aliphatic heterocycles. The summed E-state index contributed by atoms with van der Waals surface area (Å²) in [5.74, 6) is 0.482. The Morgan fingerprint density at radius 3 is 3.22 bits per heavy atom. The molecule has 1 aromatic heterocycles. The van der Waals surface area contributed by atoms with Crippen LogP contribution in [0.3, 0.4) is 0 Å². The van der Waals surface area contributed by atoms with Crippen LogP contribution < -0.4 is 10.1 Å². The molecule has 7 heteroatoms. The fourth-order valence-electron chi connectivity index (χ4n) is 1.78. The van der Waals surface area contributed by atoms with E-state index in [0.717, 1.165) is 5.56 Å². The molecule has 2 aromatic rings. The topological polar surface area (TPSA) is 64.1 Å². The normalized spacial score (nSPS) is 17.1. The zero-order valence-corrected chi connectivity index (χ0v) is 10.7. The summed E-state index contributed by atoms with van der Waals surface area (Å²) < 4.78 is 5.56. The third-order valence-electron chi connectivity index (χ3n) is 2.58. The number of ether oxygens (including phenoxy) is 1. The predicted octanol–water partition coefficient (Wildman–Crippen LogP) is 2.13. The molecule has 0 spiro atoms. The van der Waals surface area contributed by atoms with E-state index in [9.17, 15) is 4.79 Å². The average Bonchev–Trinajstić information content (AvgIpc) is 2.96. The number of amides is 1. The number of anilines is 1. The molecule has 0 bridgehead atoms. The fourth-order valence-corrected chi connectivity index (χ4v) is 2.42. The van der Waals surface area contributed by atoms with Gasteiger partial charge in [0.2, 0.25) is 5.13 Å². The zero-order valence-electron chi connectivity index (χ0n) is 9.09. The molecule has 1 aliphatic rings. The number of rotatable bonds is 2. The molecule has 0 saturated heterocycles. The number of fused-ring (bicyclic) bond motifs is 1. The number of carbonyl (C=O) groups is 1. The lowest BCUT2D eigenvalue weighted by molar-refractivity contribution is -0.122. The Morgan fingerprint density at radius 1 is 1.56 bits per heavy atom. The number of hydrogen-bond acceptors (Lipinski definition) is 5. The molecular weight excluding hydrogens is 274 g/mol. The molecule has 92 valence electrons. The SMILES string of the molecule is O=C(Nc1nncs1)[C@@H]1Cc2cc(Cl)ccc2O1. The highest BCUT2D eigenvalue weighted by atomic mass is 35.5. The first-order valence-electron chi connectivity index (χ1n) is 5.24. The van der Waals surface area contributed by atoms with Crippen molar-refractivity contribution in [2.45, 2.75) is 12.5 Å². The molecule has 0 fully saturated rings. The maximum absolute atomic E-state index is 11.9. The lowest BCUT2D eigenvalue weighted by atomic mass is 10.1. The van der Waals surface area contributed by atoms with Crippen LogP contribution in [-0.4, -0.2) is 22.2 Å². The summed E-state index contributed by atoms with van der Waals surface area (Å²) in [6.45, 7) is 0. The molecule has 1 amide bonds. The number of hydrogen-bond donors (Lipinski definition) is 1. The van der Waals surface area contributed by atoms with E-state index in [4.69, 9.17) is 16.3 Å². The average molecular weight is 282 g/mol. The second-order valence-corrected chi connectivity index (χ2v) is 5.07. The van der Waals surface area contributed by atoms with Crippen molar-refractivity contribution in [2.24, 2.45) is 0 Å². The Bertz CT molecular complexity index is 588. The van der Waals surface area contributed by atoms with Crippen LogP contribution in [0.15, 0.2) is 23.7 Å². The van der Waals surface area contributed by atoms with Gasteiger partial charge in [-0.25, -0.2) is 0 Å². The van der Waals surface area contributed by atoms with E-state index in [1.54, 1.807) is 17.6 Å². The van der Waals surface area contributed by atoms with Crippen molar-refractivity contribution in [1.29, 1.82) is 0 Å². The van der Waals surface area contributed by atoms with Crippen LogP contribution >= 0.6 is 22.9 Å². The minimum atomic E-state index is -0.539. The van der Waals surface area contributed by atoms with Crippen molar-refractivity contribution >= 4 is 34.0 Å². The molecule has 0 radical (unpaired) electrons. The van der Waals surface area contributed by atoms with E-state index in [-0.39, 0.29) is 5.91 Å². The summed E-state index contributed by atoms with van der Waals surface area (Å²) in [5.41, 5.74) is 2.50. The van der Waals surface area contributed by atoms with E-state index >= 15 is 0 Å². The summed E-state index contributed by atoms with van der Waals surface area (Å²) in [4.78, 5) is 11.9. The van der Waals surface area contributed by atoms with Crippen molar-refractivity contribution in [2.75, 3.05) is 5.32 Å². The second kappa shape index (κ2) is 4.55. The van der Waals surface area contributed by atoms with Gasteiger partial charge in [-0.3, -0.25) is 10.1 Å². The summed E-state index contributed by atoms with van der Waals surface area (Å²) in [6, 6.07) is 5.33. The van der Waals surface area contributed by atoms with Crippen molar-refractivity contribution in [3.8, 4) is 5.75 Å². The number of benzene rings is 1. The minimum Gasteiger partial charge on any atom is -0.480 e. The van der Waals surface area contributed by atoms with Gasteiger partial charge in [0.1, 0.15) is 11.3 Å². The molecule has 1 atom stereocenters. The Labute approximate surface area is 112 Å². The van der Waals surface area contributed by atoms with Crippen molar-refractivity contribution in [3.63, 3.8) is 0 Å². The van der Waals surface area contributed by atoms with Crippen LogP contribution in [-0.2, 0) is 11.2 Å². The first-order valence-corrected chi connectivity index (χ1v) is 6.50. The first-order chi connectivity index (χ1) is 8.72. The summed E-state index contributed by atoms with van der Waals surface area (Å²) in [5, 5.41) is 11.2. The second-order valence-electron chi connectivity index (χ2n) is 3.80.